The highest BCUT2D eigenvalue weighted by atomic mass is 15.2. The summed E-state index contributed by atoms with van der Waals surface area (Å²) in [5.41, 5.74) is 11.7. The van der Waals surface area contributed by atoms with Crippen molar-refractivity contribution >= 4 is 76.7 Å². The Hall–Kier alpha value is -6.13. The Labute approximate surface area is 256 Å². The van der Waals surface area contributed by atoms with Crippen molar-refractivity contribution in [1.29, 1.82) is 0 Å². The van der Waals surface area contributed by atoms with Crippen LogP contribution < -0.4 is 0 Å². The van der Waals surface area contributed by atoms with Gasteiger partial charge in [-0.05, 0) is 82.6 Å². The van der Waals surface area contributed by atoms with E-state index in [-0.39, 0.29) is 0 Å². The molecule has 45 heavy (non-hydrogen) atoms. The summed E-state index contributed by atoms with van der Waals surface area (Å²) in [6.45, 7) is 0. The van der Waals surface area contributed by atoms with Crippen molar-refractivity contribution in [2.45, 2.75) is 0 Å². The standard InChI is InChI=1S/C41H24N4/c1-2-12-29(13-3-1)43-35-16-8-6-14-30(35)31-19-18-27(23-37(31)43)28-21-33-32-20-25-10-4-5-11-26(25)22-38(32)45-40(33)39(24-28)44-36-17-9-7-15-34(36)42-41(44)45/h1-24H. The maximum absolute atomic E-state index is 5.17. The molecule has 0 unspecified atom stereocenters. The average Bonchev–Trinajstić information content (AvgIpc) is 3.81. The fraction of sp³-hybridized carbons (Fsp3) is 0. The van der Waals surface area contributed by atoms with Crippen LogP contribution >= 0.6 is 0 Å². The van der Waals surface area contributed by atoms with E-state index in [0.29, 0.717) is 0 Å². The van der Waals surface area contributed by atoms with Crippen LogP contribution in [0.4, 0.5) is 0 Å². The van der Waals surface area contributed by atoms with Gasteiger partial charge in [-0.15, -0.1) is 0 Å². The predicted molar refractivity (Wildman–Crippen MR) is 187 cm³/mol. The minimum atomic E-state index is 0.957. The topological polar surface area (TPSA) is 26.6 Å². The number of benzene rings is 7. The lowest BCUT2D eigenvalue weighted by molar-refractivity contribution is 1.18. The molecule has 4 nitrogen and oxygen atoms in total. The SMILES string of the molecule is c1ccc(-n2c3ccccc3c3ccc(-c4cc5c6cc7ccccc7cc6n6c5c(c4)n4c5ccccc5nc46)cc32)cc1. The molecule has 0 amide bonds. The Morgan fingerprint density at radius 1 is 0.400 bits per heavy atom. The van der Waals surface area contributed by atoms with E-state index in [1.165, 1.54) is 76.7 Å². The zero-order valence-corrected chi connectivity index (χ0v) is 24.1. The third-order valence-electron chi connectivity index (χ3n) is 9.71. The van der Waals surface area contributed by atoms with Crippen molar-refractivity contribution in [3.63, 3.8) is 0 Å². The summed E-state index contributed by atoms with van der Waals surface area (Å²) >= 11 is 0. The van der Waals surface area contributed by atoms with Crippen molar-refractivity contribution in [2.24, 2.45) is 0 Å². The molecule has 0 radical (unpaired) electrons. The summed E-state index contributed by atoms with van der Waals surface area (Å²) in [4.78, 5) is 5.17. The molecule has 0 aliphatic heterocycles. The highest BCUT2D eigenvalue weighted by Crippen LogP contribution is 2.42. The second-order valence-corrected chi connectivity index (χ2v) is 12.1. The molecule has 0 aliphatic carbocycles. The number of fused-ring (bicyclic) bond motifs is 12. The van der Waals surface area contributed by atoms with Crippen molar-refractivity contribution < 1.29 is 0 Å². The molecule has 0 saturated carbocycles. The quantitative estimate of drug-likeness (QED) is 0.202. The zero-order chi connectivity index (χ0) is 29.2. The van der Waals surface area contributed by atoms with E-state index in [4.69, 9.17) is 4.98 Å². The van der Waals surface area contributed by atoms with E-state index in [0.717, 1.165) is 16.8 Å². The molecule has 7 aromatic carbocycles. The fourth-order valence-electron chi connectivity index (χ4n) is 7.76. The predicted octanol–water partition coefficient (Wildman–Crippen LogP) is 10.4. The Morgan fingerprint density at radius 2 is 1.11 bits per heavy atom. The van der Waals surface area contributed by atoms with E-state index in [1.807, 2.05) is 0 Å². The molecule has 0 saturated heterocycles. The van der Waals surface area contributed by atoms with E-state index in [2.05, 4.69) is 159 Å². The van der Waals surface area contributed by atoms with Crippen LogP contribution in [0.3, 0.4) is 0 Å². The monoisotopic (exact) mass is 572 g/mol. The zero-order valence-electron chi connectivity index (χ0n) is 24.1. The second-order valence-electron chi connectivity index (χ2n) is 12.1. The Morgan fingerprint density at radius 3 is 2.00 bits per heavy atom. The average molecular weight is 573 g/mol. The van der Waals surface area contributed by atoms with Gasteiger partial charge in [-0.3, -0.25) is 8.80 Å². The lowest BCUT2D eigenvalue weighted by atomic mass is 9.99. The first kappa shape index (κ1) is 23.3. The molecule has 0 aliphatic rings. The van der Waals surface area contributed by atoms with Gasteiger partial charge in [0.1, 0.15) is 0 Å². The Bertz CT molecular complexity index is 2970. The number of para-hydroxylation sites is 4. The molecule has 0 fully saturated rings. The molecule has 208 valence electrons. The smallest absolute Gasteiger partial charge is 0.220 e. The molecule has 4 heterocycles. The van der Waals surface area contributed by atoms with Gasteiger partial charge in [0.15, 0.2) is 0 Å². The lowest BCUT2D eigenvalue weighted by Crippen LogP contribution is -1.93. The van der Waals surface area contributed by atoms with Crippen molar-refractivity contribution in [3.8, 4) is 16.8 Å². The molecule has 0 atom stereocenters. The van der Waals surface area contributed by atoms with Crippen molar-refractivity contribution in [1.82, 2.24) is 18.4 Å². The van der Waals surface area contributed by atoms with Crippen LogP contribution in [0.5, 0.6) is 0 Å². The van der Waals surface area contributed by atoms with Crippen molar-refractivity contribution in [3.05, 3.63) is 146 Å². The van der Waals surface area contributed by atoms with Crippen LogP contribution in [-0.4, -0.2) is 18.4 Å². The van der Waals surface area contributed by atoms with Crippen molar-refractivity contribution in [2.75, 3.05) is 0 Å². The molecule has 11 aromatic rings. The fourth-order valence-corrected chi connectivity index (χ4v) is 7.76. The normalized spacial score (nSPS) is 12.4. The summed E-state index contributed by atoms with van der Waals surface area (Å²) in [5.74, 6) is 0.957. The lowest BCUT2D eigenvalue weighted by Gasteiger charge is -2.09. The third-order valence-corrected chi connectivity index (χ3v) is 9.71. The number of hydrogen-bond donors (Lipinski definition) is 0. The minimum Gasteiger partial charge on any atom is -0.309 e. The Balaban J connectivity index is 1.29. The van der Waals surface area contributed by atoms with Crippen LogP contribution in [0.25, 0.3) is 93.5 Å². The maximum Gasteiger partial charge on any atom is 0.220 e. The number of imidazole rings is 2. The summed E-state index contributed by atoms with van der Waals surface area (Å²) in [6.07, 6.45) is 0. The number of hydrogen-bond acceptors (Lipinski definition) is 1. The summed E-state index contributed by atoms with van der Waals surface area (Å²) in [7, 11) is 0. The first-order valence-corrected chi connectivity index (χ1v) is 15.4. The molecular formula is C41H24N4. The van der Waals surface area contributed by atoms with E-state index >= 15 is 0 Å². The maximum atomic E-state index is 5.17. The largest absolute Gasteiger partial charge is 0.309 e. The van der Waals surface area contributed by atoms with Gasteiger partial charge in [0.05, 0.1) is 38.6 Å². The van der Waals surface area contributed by atoms with Crippen LogP contribution in [-0.2, 0) is 0 Å². The summed E-state index contributed by atoms with van der Waals surface area (Å²) < 4.78 is 7.10. The van der Waals surface area contributed by atoms with Gasteiger partial charge >= 0.3 is 0 Å². The van der Waals surface area contributed by atoms with Gasteiger partial charge in [0, 0.05) is 27.2 Å². The van der Waals surface area contributed by atoms with E-state index in [1.54, 1.807) is 0 Å². The van der Waals surface area contributed by atoms with Gasteiger partial charge < -0.3 is 4.57 Å². The van der Waals surface area contributed by atoms with Gasteiger partial charge in [-0.2, -0.15) is 0 Å². The van der Waals surface area contributed by atoms with E-state index < -0.39 is 0 Å². The summed E-state index contributed by atoms with van der Waals surface area (Å²) in [5, 5.41) is 7.51. The highest BCUT2D eigenvalue weighted by Gasteiger charge is 2.23. The van der Waals surface area contributed by atoms with Crippen LogP contribution in [0.1, 0.15) is 0 Å². The van der Waals surface area contributed by atoms with Crippen LogP contribution in [0.2, 0.25) is 0 Å². The van der Waals surface area contributed by atoms with E-state index in [9.17, 15) is 0 Å². The first-order chi connectivity index (χ1) is 22.3. The van der Waals surface area contributed by atoms with Gasteiger partial charge in [0.2, 0.25) is 5.78 Å². The molecule has 0 N–H and O–H groups in total. The summed E-state index contributed by atoms with van der Waals surface area (Å²) in [6, 6.07) is 52.9. The molecule has 0 spiro atoms. The minimum absolute atomic E-state index is 0.957. The third kappa shape index (κ3) is 2.98. The molecule has 11 rings (SSSR count). The van der Waals surface area contributed by atoms with Crippen LogP contribution in [0.15, 0.2) is 146 Å². The van der Waals surface area contributed by atoms with Gasteiger partial charge in [0.25, 0.3) is 0 Å². The molecule has 0 bridgehead atoms. The number of rotatable bonds is 2. The van der Waals surface area contributed by atoms with Crippen LogP contribution in [0, 0.1) is 0 Å². The second kappa shape index (κ2) is 8.28. The first-order valence-electron chi connectivity index (χ1n) is 15.4. The molecular weight excluding hydrogens is 548 g/mol. The Kier molecular flexibility index (Phi) is 4.29. The molecule has 4 aromatic heterocycles. The van der Waals surface area contributed by atoms with Gasteiger partial charge in [-0.25, -0.2) is 4.98 Å². The number of aromatic nitrogens is 4. The highest BCUT2D eigenvalue weighted by molar-refractivity contribution is 6.20. The molecule has 4 heteroatoms. The number of nitrogens with zero attached hydrogens (tertiary/aromatic N) is 4. The van der Waals surface area contributed by atoms with Gasteiger partial charge in [-0.1, -0.05) is 84.9 Å².